The van der Waals surface area contributed by atoms with E-state index in [0.717, 1.165) is 16.9 Å². The summed E-state index contributed by atoms with van der Waals surface area (Å²) in [4.78, 5) is 12.4. The lowest BCUT2D eigenvalue weighted by molar-refractivity contribution is 0.0929. The number of carbonyl (C=O) groups excluding carboxylic acids is 1. The van der Waals surface area contributed by atoms with Gasteiger partial charge in [-0.2, -0.15) is 0 Å². The van der Waals surface area contributed by atoms with Crippen molar-refractivity contribution in [3.63, 3.8) is 0 Å². The van der Waals surface area contributed by atoms with Crippen LogP contribution in [0.4, 0.5) is 0 Å². The van der Waals surface area contributed by atoms with E-state index in [1.54, 1.807) is 0 Å². The summed E-state index contributed by atoms with van der Waals surface area (Å²) >= 11 is 0. The van der Waals surface area contributed by atoms with E-state index in [2.05, 4.69) is 6.58 Å². The third-order valence-corrected chi connectivity index (χ3v) is 3.47. The first-order valence-corrected chi connectivity index (χ1v) is 7.51. The molecule has 0 saturated heterocycles. The number of carbonyl (C=O) groups is 1. The highest BCUT2D eigenvalue weighted by atomic mass is 16.5. The molecular formula is C20H22O2. The summed E-state index contributed by atoms with van der Waals surface area (Å²) < 4.78 is 5.77. The second-order valence-corrected chi connectivity index (χ2v) is 5.73. The van der Waals surface area contributed by atoms with Crippen LogP contribution in [0.15, 0.2) is 66.7 Å². The zero-order valence-electron chi connectivity index (χ0n) is 13.2. The van der Waals surface area contributed by atoms with Crippen LogP contribution < -0.4 is 4.74 Å². The largest absolute Gasteiger partial charge is 0.489 e. The third-order valence-electron chi connectivity index (χ3n) is 3.47. The van der Waals surface area contributed by atoms with Gasteiger partial charge in [0.1, 0.15) is 12.4 Å². The standard InChI is InChI=1S/C20H22O2/c1-15(2)12-16(3)20(21)18-10-7-11-19(13-18)22-14-17-8-5-4-6-9-17/h4-11,13,16H,1,12,14H2,2-3H3. The van der Waals surface area contributed by atoms with E-state index in [-0.39, 0.29) is 11.7 Å². The number of ketones is 1. The number of hydrogen-bond acceptors (Lipinski definition) is 2. The normalized spacial score (nSPS) is 11.7. The first kappa shape index (κ1) is 16.0. The van der Waals surface area contributed by atoms with E-state index in [0.29, 0.717) is 18.6 Å². The van der Waals surface area contributed by atoms with Gasteiger partial charge in [-0.15, -0.1) is 6.58 Å². The summed E-state index contributed by atoms with van der Waals surface area (Å²) in [5.74, 6) is 0.798. The summed E-state index contributed by atoms with van der Waals surface area (Å²) in [5.41, 5.74) is 2.83. The Kier molecular flexibility index (Phi) is 5.54. The molecule has 1 unspecified atom stereocenters. The summed E-state index contributed by atoms with van der Waals surface area (Å²) in [7, 11) is 0. The van der Waals surface area contributed by atoms with Crippen LogP contribution in [0.25, 0.3) is 0 Å². The molecule has 114 valence electrons. The molecule has 2 heteroatoms. The number of Topliss-reactive ketones (excluding diaryl/α,β-unsaturated/α-hetero) is 1. The predicted octanol–water partition coefficient (Wildman–Crippen LogP) is 5.05. The van der Waals surface area contributed by atoms with Gasteiger partial charge in [0, 0.05) is 11.5 Å². The fraction of sp³-hybridized carbons (Fsp3) is 0.250. The van der Waals surface area contributed by atoms with E-state index < -0.39 is 0 Å². The minimum atomic E-state index is -0.0538. The molecule has 0 bridgehead atoms. The van der Waals surface area contributed by atoms with Gasteiger partial charge in [0.25, 0.3) is 0 Å². The van der Waals surface area contributed by atoms with Gasteiger partial charge in [-0.05, 0) is 31.0 Å². The fourth-order valence-corrected chi connectivity index (χ4v) is 2.38. The molecule has 2 nitrogen and oxygen atoms in total. The summed E-state index contributed by atoms with van der Waals surface area (Å²) in [5, 5.41) is 0. The first-order valence-electron chi connectivity index (χ1n) is 7.51. The van der Waals surface area contributed by atoms with Gasteiger partial charge in [-0.25, -0.2) is 0 Å². The van der Waals surface area contributed by atoms with Gasteiger partial charge in [-0.3, -0.25) is 4.79 Å². The van der Waals surface area contributed by atoms with Crippen molar-refractivity contribution < 1.29 is 9.53 Å². The van der Waals surface area contributed by atoms with Crippen molar-refractivity contribution in [1.82, 2.24) is 0 Å². The van der Waals surface area contributed by atoms with E-state index >= 15 is 0 Å². The van der Waals surface area contributed by atoms with Crippen LogP contribution >= 0.6 is 0 Å². The Bertz CT molecular complexity index is 644. The lowest BCUT2D eigenvalue weighted by Gasteiger charge is -2.12. The second kappa shape index (κ2) is 7.60. The molecule has 0 saturated carbocycles. The van der Waals surface area contributed by atoms with Gasteiger partial charge < -0.3 is 4.74 Å². The molecule has 1 atom stereocenters. The molecule has 0 aliphatic heterocycles. The zero-order valence-corrected chi connectivity index (χ0v) is 13.2. The number of ether oxygens (including phenoxy) is 1. The third kappa shape index (κ3) is 4.59. The van der Waals surface area contributed by atoms with E-state index in [1.807, 2.05) is 68.4 Å². The Morgan fingerprint density at radius 2 is 1.86 bits per heavy atom. The first-order chi connectivity index (χ1) is 10.6. The maximum absolute atomic E-state index is 12.4. The van der Waals surface area contributed by atoms with Gasteiger partial charge in [-0.1, -0.05) is 55.0 Å². The zero-order chi connectivity index (χ0) is 15.9. The minimum absolute atomic E-state index is 0.0538. The highest BCUT2D eigenvalue weighted by molar-refractivity contribution is 5.98. The van der Waals surface area contributed by atoms with Crippen LogP contribution in [0.3, 0.4) is 0 Å². The van der Waals surface area contributed by atoms with Crippen LogP contribution in [-0.4, -0.2) is 5.78 Å². The molecular weight excluding hydrogens is 272 g/mol. The molecule has 2 rings (SSSR count). The Labute approximate surface area is 132 Å². The second-order valence-electron chi connectivity index (χ2n) is 5.73. The molecule has 0 aliphatic rings. The predicted molar refractivity (Wildman–Crippen MR) is 90.1 cm³/mol. The molecule has 0 aromatic heterocycles. The summed E-state index contributed by atoms with van der Waals surface area (Å²) in [6.07, 6.45) is 0.716. The molecule has 0 heterocycles. The lowest BCUT2D eigenvalue weighted by atomic mass is 9.94. The maximum atomic E-state index is 12.4. The van der Waals surface area contributed by atoms with Crippen molar-refractivity contribution in [3.8, 4) is 5.75 Å². The molecule has 22 heavy (non-hydrogen) atoms. The highest BCUT2D eigenvalue weighted by Crippen LogP contribution is 2.20. The molecule has 0 amide bonds. The van der Waals surface area contributed by atoms with Crippen molar-refractivity contribution in [1.29, 1.82) is 0 Å². The van der Waals surface area contributed by atoms with Crippen LogP contribution in [-0.2, 0) is 6.61 Å². The van der Waals surface area contributed by atoms with E-state index in [9.17, 15) is 4.79 Å². The van der Waals surface area contributed by atoms with Gasteiger partial charge in [0.15, 0.2) is 5.78 Å². The molecule has 0 fully saturated rings. The van der Waals surface area contributed by atoms with Gasteiger partial charge >= 0.3 is 0 Å². The Morgan fingerprint density at radius 3 is 2.55 bits per heavy atom. The number of rotatable bonds is 7. The Hall–Kier alpha value is -2.35. The molecule has 0 spiro atoms. The van der Waals surface area contributed by atoms with Gasteiger partial charge in [0.05, 0.1) is 0 Å². The van der Waals surface area contributed by atoms with Crippen molar-refractivity contribution in [2.45, 2.75) is 26.9 Å². The molecule has 2 aromatic rings. The molecule has 0 radical (unpaired) electrons. The monoisotopic (exact) mass is 294 g/mol. The molecule has 0 N–H and O–H groups in total. The van der Waals surface area contributed by atoms with Crippen molar-refractivity contribution in [2.75, 3.05) is 0 Å². The average molecular weight is 294 g/mol. The number of benzene rings is 2. The number of hydrogen-bond donors (Lipinski definition) is 0. The van der Waals surface area contributed by atoms with Crippen LogP contribution in [0, 0.1) is 5.92 Å². The van der Waals surface area contributed by atoms with Crippen molar-refractivity contribution >= 4 is 5.78 Å². The van der Waals surface area contributed by atoms with Crippen LogP contribution in [0.5, 0.6) is 5.75 Å². The summed E-state index contributed by atoms with van der Waals surface area (Å²) in [6, 6.07) is 17.4. The topological polar surface area (TPSA) is 26.3 Å². The Balaban J connectivity index is 2.03. The SMILES string of the molecule is C=C(C)CC(C)C(=O)c1cccc(OCc2ccccc2)c1. The Morgan fingerprint density at radius 1 is 1.14 bits per heavy atom. The van der Waals surface area contributed by atoms with Crippen molar-refractivity contribution in [2.24, 2.45) is 5.92 Å². The van der Waals surface area contributed by atoms with Crippen LogP contribution in [0.2, 0.25) is 0 Å². The average Bonchev–Trinajstić information content (AvgIpc) is 2.53. The quantitative estimate of drug-likeness (QED) is 0.527. The molecule has 0 aliphatic carbocycles. The minimum Gasteiger partial charge on any atom is -0.489 e. The van der Waals surface area contributed by atoms with Crippen LogP contribution in [0.1, 0.15) is 36.2 Å². The van der Waals surface area contributed by atoms with E-state index in [1.165, 1.54) is 0 Å². The maximum Gasteiger partial charge on any atom is 0.166 e. The molecule has 2 aromatic carbocycles. The fourth-order valence-electron chi connectivity index (χ4n) is 2.38. The highest BCUT2D eigenvalue weighted by Gasteiger charge is 2.15. The summed E-state index contributed by atoms with van der Waals surface area (Å²) in [6.45, 7) is 8.26. The lowest BCUT2D eigenvalue weighted by Crippen LogP contribution is -2.11. The number of allylic oxidation sites excluding steroid dienone is 1. The van der Waals surface area contributed by atoms with E-state index in [4.69, 9.17) is 4.74 Å². The van der Waals surface area contributed by atoms with Crippen molar-refractivity contribution in [3.05, 3.63) is 77.9 Å². The van der Waals surface area contributed by atoms with Gasteiger partial charge in [0.2, 0.25) is 0 Å². The smallest absolute Gasteiger partial charge is 0.166 e.